The van der Waals surface area contributed by atoms with E-state index in [1.54, 1.807) is 6.26 Å². The van der Waals surface area contributed by atoms with Crippen LogP contribution in [0.25, 0.3) is 0 Å². The molecule has 0 amide bonds. The average Bonchev–Trinajstić information content (AvgIpc) is 2.95. The normalized spacial score (nSPS) is 26.4. The predicted octanol–water partition coefficient (Wildman–Crippen LogP) is 2.71. The third-order valence-corrected chi connectivity index (χ3v) is 4.88. The molecule has 4 rings (SSSR count). The standard InChI is InChI=1S/C17H23N3O2/c1-13-10-16(13)17-3-2-15(22-17)12-20-7-5-19(6-8-20)11-14-4-9-21-18-14/h2-4,9,13,16H,5-8,10-12H2,1H3/t13-,16-/m0/s1. The van der Waals surface area contributed by atoms with Gasteiger partial charge in [0, 0.05) is 44.7 Å². The summed E-state index contributed by atoms with van der Waals surface area (Å²) in [5.41, 5.74) is 1.02. The maximum absolute atomic E-state index is 6.02. The number of nitrogens with zero attached hydrogens (tertiary/aromatic N) is 3. The number of piperazine rings is 1. The second kappa shape index (κ2) is 5.89. The zero-order valence-electron chi connectivity index (χ0n) is 13.1. The van der Waals surface area contributed by atoms with Gasteiger partial charge in [0.15, 0.2) is 0 Å². The first-order chi connectivity index (χ1) is 10.8. The zero-order chi connectivity index (χ0) is 14.9. The highest BCUT2D eigenvalue weighted by molar-refractivity contribution is 5.17. The van der Waals surface area contributed by atoms with Gasteiger partial charge in [-0.05, 0) is 24.5 Å². The highest BCUT2D eigenvalue weighted by atomic mass is 16.5. The molecule has 22 heavy (non-hydrogen) atoms. The molecule has 0 aromatic carbocycles. The first-order valence-corrected chi connectivity index (χ1v) is 8.20. The molecule has 0 unspecified atom stereocenters. The summed E-state index contributed by atoms with van der Waals surface area (Å²) in [6.45, 7) is 8.40. The van der Waals surface area contributed by atoms with Crippen LogP contribution in [0.4, 0.5) is 0 Å². The zero-order valence-corrected chi connectivity index (χ0v) is 13.1. The Morgan fingerprint density at radius 2 is 1.82 bits per heavy atom. The van der Waals surface area contributed by atoms with Gasteiger partial charge in [-0.2, -0.15) is 0 Å². The van der Waals surface area contributed by atoms with Crippen LogP contribution in [0.2, 0.25) is 0 Å². The van der Waals surface area contributed by atoms with Gasteiger partial charge >= 0.3 is 0 Å². The number of aromatic nitrogens is 1. The van der Waals surface area contributed by atoms with Crippen LogP contribution in [-0.2, 0) is 13.1 Å². The summed E-state index contributed by atoms with van der Waals surface area (Å²) < 4.78 is 10.9. The van der Waals surface area contributed by atoms with Gasteiger partial charge in [-0.15, -0.1) is 0 Å². The average molecular weight is 301 g/mol. The summed E-state index contributed by atoms with van der Waals surface area (Å²) in [5, 5.41) is 3.98. The minimum absolute atomic E-state index is 0.674. The van der Waals surface area contributed by atoms with Gasteiger partial charge in [-0.25, -0.2) is 0 Å². The second-order valence-electron chi connectivity index (χ2n) is 6.67. The summed E-state index contributed by atoms with van der Waals surface area (Å²) in [7, 11) is 0. The fraction of sp³-hybridized carbons (Fsp3) is 0.588. The van der Waals surface area contributed by atoms with Crippen molar-refractivity contribution in [2.45, 2.75) is 32.4 Å². The Labute approximate surface area is 130 Å². The number of hydrogen-bond donors (Lipinski definition) is 0. The first-order valence-electron chi connectivity index (χ1n) is 8.20. The van der Waals surface area contributed by atoms with E-state index in [2.05, 4.69) is 34.0 Å². The van der Waals surface area contributed by atoms with Gasteiger partial charge in [-0.3, -0.25) is 9.80 Å². The van der Waals surface area contributed by atoms with Gasteiger partial charge < -0.3 is 8.94 Å². The van der Waals surface area contributed by atoms with Crippen LogP contribution in [0, 0.1) is 5.92 Å². The minimum atomic E-state index is 0.674. The Bertz CT molecular complexity index is 599. The van der Waals surface area contributed by atoms with Crippen molar-refractivity contribution in [1.82, 2.24) is 15.0 Å². The Morgan fingerprint density at radius 1 is 1.09 bits per heavy atom. The number of rotatable bonds is 5. The van der Waals surface area contributed by atoms with Crippen molar-refractivity contribution >= 4 is 0 Å². The van der Waals surface area contributed by atoms with E-state index in [0.717, 1.165) is 56.6 Å². The molecule has 2 fully saturated rings. The minimum Gasteiger partial charge on any atom is -0.464 e. The molecule has 0 N–H and O–H groups in total. The van der Waals surface area contributed by atoms with E-state index >= 15 is 0 Å². The molecule has 1 saturated carbocycles. The van der Waals surface area contributed by atoms with E-state index in [1.165, 1.54) is 12.2 Å². The van der Waals surface area contributed by atoms with Crippen molar-refractivity contribution in [3.63, 3.8) is 0 Å². The lowest BCUT2D eigenvalue weighted by molar-refractivity contribution is 0.114. The molecular formula is C17H23N3O2. The molecule has 1 aliphatic carbocycles. The third-order valence-electron chi connectivity index (χ3n) is 4.88. The number of furan rings is 1. The van der Waals surface area contributed by atoms with Gasteiger partial charge in [-0.1, -0.05) is 12.1 Å². The van der Waals surface area contributed by atoms with Crippen molar-refractivity contribution in [2.24, 2.45) is 5.92 Å². The van der Waals surface area contributed by atoms with Gasteiger partial charge in [0.25, 0.3) is 0 Å². The van der Waals surface area contributed by atoms with Crippen LogP contribution in [0.3, 0.4) is 0 Å². The predicted molar refractivity (Wildman–Crippen MR) is 82.3 cm³/mol. The molecule has 5 heteroatoms. The van der Waals surface area contributed by atoms with E-state index in [1.807, 2.05) is 6.07 Å². The SMILES string of the molecule is C[C@H]1C[C@@H]1c1ccc(CN2CCN(Cc3ccon3)CC2)o1. The van der Waals surface area contributed by atoms with Crippen molar-refractivity contribution in [2.75, 3.05) is 26.2 Å². The quantitative estimate of drug-likeness (QED) is 0.849. The van der Waals surface area contributed by atoms with E-state index in [0.29, 0.717) is 5.92 Å². The molecule has 2 atom stereocenters. The molecule has 118 valence electrons. The topological polar surface area (TPSA) is 45.7 Å². The summed E-state index contributed by atoms with van der Waals surface area (Å²) in [6, 6.07) is 6.27. The van der Waals surface area contributed by atoms with E-state index in [9.17, 15) is 0 Å². The van der Waals surface area contributed by atoms with Crippen molar-refractivity contribution in [3.8, 4) is 0 Å². The van der Waals surface area contributed by atoms with Crippen LogP contribution in [0.5, 0.6) is 0 Å². The van der Waals surface area contributed by atoms with Crippen molar-refractivity contribution in [3.05, 3.63) is 41.7 Å². The summed E-state index contributed by atoms with van der Waals surface area (Å²) in [5.74, 6) is 3.78. The molecule has 3 heterocycles. The second-order valence-corrected chi connectivity index (χ2v) is 6.67. The van der Waals surface area contributed by atoms with Crippen LogP contribution in [-0.4, -0.2) is 41.1 Å². The molecule has 2 aliphatic rings. The fourth-order valence-electron chi connectivity index (χ4n) is 3.27. The molecular weight excluding hydrogens is 278 g/mol. The van der Waals surface area contributed by atoms with Crippen LogP contribution in [0.1, 0.15) is 36.5 Å². The third kappa shape index (κ3) is 3.10. The van der Waals surface area contributed by atoms with E-state index in [4.69, 9.17) is 8.94 Å². The fourth-order valence-corrected chi connectivity index (χ4v) is 3.27. The van der Waals surface area contributed by atoms with Crippen molar-refractivity contribution in [1.29, 1.82) is 0 Å². The summed E-state index contributed by atoms with van der Waals surface area (Å²) in [4.78, 5) is 4.89. The van der Waals surface area contributed by atoms with Crippen molar-refractivity contribution < 1.29 is 8.94 Å². The molecule has 5 nitrogen and oxygen atoms in total. The van der Waals surface area contributed by atoms with Crippen LogP contribution >= 0.6 is 0 Å². The number of hydrogen-bond acceptors (Lipinski definition) is 5. The Morgan fingerprint density at radius 3 is 2.45 bits per heavy atom. The van der Waals surface area contributed by atoms with Crippen LogP contribution in [0.15, 0.2) is 33.4 Å². The Kier molecular flexibility index (Phi) is 3.76. The first kappa shape index (κ1) is 14.0. The maximum Gasteiger partial charge on any atom is 0.124 e. The molecule has 1 aliphatic heterocycles. The van der Waals surface area contributed by atoms with Gasteiger partial charge in [0.05, 0.1) is 12.2 Å². The monoisotopic (exact) mass is 301 g/mol. The van der Waals surface area contributed by atoms with E-state index < -0.39 is 0 Å². The lowest BCUT2D eigenvalue weighted by Crippen LogP contribution is -2.45. The van der Waals surface area contributed by atoms with Gasteiger partial charge in [0.1, 0.15) is 17.8 Å². The molecule has 1 saturated heterocycles. The molecule has 2 aromatic rings. The molecule has 0 bridgehead atoms. The largest absolute Gasteiger partial charge is 0.464 e. The highest BCUT2D eigenvalue weighted by Crippen LogP contribution is 2.47. The molecule has 0 radical (unpaired) electrons. The highest BCUT2D eigenvalue weighted by Gasteiger charge is 2.36. The lowest BCUT2D eigenvalue weighted by Gasteiger charge is -2.33. The maximum atomic E-state index is 6.02. The summed E-state index contributed by atoms with van der Waals surface area (Å²) in [6.07, 6.45) is 2.93. The lowest BCUT2D eigenvalue weighted by atomic mass is 10.2. The van der Waals surface area contributed by atoms with Crippen LogP contribution < -0.4 is 0 Å². The Hall–Kier alpha value is -1.59. The van der Waals surface area contributed by atoms with Gasteiger partial charge in [0.2, 0.25) is 0 Å². The smallest absolute Gasteiger partial charge is 0.124 e. The molecule has 2 aromatic heterocycles. The van der Waals surface area contributed by atoms with E-state index in [-0.39, 0.29) is 0 Å². The Balaban J connectivity index is 1.26. The summed E-state index contributed by atoms with van der Waals surface area (Å²) >= 11 is 0. The molecule has 0 spiro atoms.